The molecule has 4 heteroatoms. The van der Waals surface area contributed by atoms with Crippen molar-refractivity contribution in [3.63, 3.8) is 0 Å². The molecule has 1 aromatic carbocycles. The first-order valence-corrected chi connectivity index (χ1v) is 7.16. The summed E-state index contributed by atoms with van der Waals surface area (Å²) in [5.41, 5.74) is 5.00. The molecule has 4 nitrogen and oxygen atoms in total. The van der Waals surface area contributed by atoms with Gasteiger partial charge in [0.05, 0.1) is 5.56 Å². The first kappa shape index (κ1) is 12.1. The van der Waals surface area contributed by atoms with Crippen molar-refractivity contribution in [2.75, 3.05) is 6.54 Å². The quantitative estimate of drug-likeness (QED) is 0.718. The molecule has 104 valence electrons. The monoisotopic (exact) mass is 277 g/mol. The van der Waals surface area contributed by atoms with Gasteiger partial charge in [0.2, 0.25) is 0 Å². The van der Waals surface area contributed by atoms with Crippen LogP contribution in [0, 0.1) is 0 Å². The Morgan fingerprint density at radius 3 is 2.95 bits per heavy atom. The number of H-pyrrole nitrogens is 1. The predicted molar refractivity (Wildman–Crippen MR) is 82.2 cm³/mol. The van der Waals surface area contributed by atoms with Crippen molar-refractivity contribution in [2.24, 2.45) is 0 Å². The van der Waals surface area contributed by atoms with E-state index < -0.39 is 0 Å². The molecule has 0 spiro atoms. The molecule has 3 heterocycles. The predicted octanol–water partition coefficient (Wildman–Crippen LogP) is 2.91. The Labute approximate surface area is 122 Å². The highest BCUT2D eigenvalue weighted by molar-refractivity contribution is 6.09. The number of hydrogen-bond acceptors (Lipinski definition) is 2. The van der Waals surface area contributed by atoms with Gasteiger partial charge in [-0.15, -0.1) is 0 Å². The van der Waals surface area contributed by atoms with Crippen LogP contribution in [0.15, 0.2) is 42.7 Å². The lowest BCUT2D eigenvalue weighted by molar-refractivity contribution is 0.0957. The van der Waals surface area contributed by atoms with Crippen LogP contribution in [0.1, 0.15) is 22.5 Å². The van der Waals surface area contributed by atoms with Crippen LogP contribution in [-0.2, 0) is 6.42 Å². The van der Waals surface area contributed by atoms with Crippen molar-refractivity contribution < 1.29 is 4.79 Å². The molecule has 0 saturated heterocycles. The Balaban J connectivity index is 1.93. The van der Waals surface area contributed by atoms with Gasteiger partial charge in [-0.2, -0.15) is 0 Å². The number of pyridine rings is 1. The average molecular weight is 277 g/mol. The maximum atomic E-state index is 12.3. The first-order chi connectivity index (χ1) is 10.3. The van der Waals surface area contributed by atoms with Gasteiger partial charge in [-0.25, -0.2) is 0 Å². The number of rotatable bonds is 1. The summed E-state index contributed by atoms with van der Waals surface area (Å²) in [6, 6.07) is 10.1. The van der Waals surface area contributed by atoms with E-state index in [-0.39, 0.29) is 5.91 Å². The summed E-state index contributed by atoms with van der Waals surface area (Å²) >= 11 is 0. The second-order valence-corrected chi connectivity index (χ2v) is 5.34. The van der Waals surface area contributed by atoms with Crippen LogP contribution >= 0.6 is 0 Å². The SMILES string of the molecule is O=C1NCCCc2[nH]c3ccc(-c4cccnc4)cc3c21. The summed E-state index contributed by atoms with van der Waals surface area (Å²) in [6.45, 7) is 0.741. The molecule has 0 unspecified atom stereocenters. The second-order valence-electron chi connectivity index (χ2n) is 5.34. The number of carbonyl (C=O) groups excluding carboxylic acids is 1. The molecule has 3 aromatic rings. The van der Waals surface area contributed by atoms with E-state index in [0.29, 0.717) is 0 Å². The highest BCUT2D eigenvalue weighted by atomic mass is 16.1. The molecule has 1 amide bonds. The minimum absolute atomic E-state index is 0.0251. The number of nitrogens with zero attached hydrogens (tertiary/aromatic N) is 1. The molecular weight excluding hydrogens is 262 g/mol. The molecule has 4 rings (SSSR count). The van der Waals surface area contributed by atoms with E-state index in [2.05, 4.69) is 27.4 Å². The summed E-state index contributed by atoms with van der Waals surface area (Å²) in [5.74, 6) is 0.0251. The lowest BCUT2D eigenvalue weighted by Crippen LogP contribution is -2.22. The summed E-state index contributed by atoms with van der Waals surface area (Å²) < 4.78 is 0. The lowest BCUT2D eigenvalue weighted by atomic mass is 10.0. The normalized spacial score (nSPS) is 14.6. The van der Waals surface area contributed by atoms with Gasteiger partial charge in [0.25, 0.3) is 5.91 Å². The number of nitrogens with one attached hydrogen (secondary N) is 2. The fourth-order valence-electron chi connectivity index (χ4n) is 2.96. The van der Waals surface area contributed by atoms with Gasteiger partial charge in [-0.05, 0) is 36.6 Å². The fraction of sp³-hybridized carbons (Fsp3) is 0.176. The van der Waals surface area contributed by atoms with Crippen molar-refractivity contribution in [3.05, 3.63) is 54.0 Å². The second kappa shape index (κ2) is 4.74. The van der Waals surface area contributed by atoms with Gasteiger partial charge < -0.3 is 10.3 Å². The summed E-state index contributed by atoms with van der Waals surface area (Å²) in [7, 11) is 0. The zero-order valence-electron chi connectivity index (χ0n) is 11.5. The number of hydrogen-bond donors (Lipinski definition) is 2. The maximum absolute atomic E-state index is 12.3. The third-order valence-corrected chi connectivity index (χ3v) is 3.99. The smallest absolute Gasteiger partial charge is 0.253 e. The zero-order chi connectivity index (χ0) is 14.2. The van der Waals surface area contributed by atoms with Crippen LogP contribution in [0.4, 0.5) is 0 Å². The molecule has 1 aliphatic rings. The van der Waals surface area contributed by atoms with Crippen molar-refractivity contribution >= 4 is 16.8 Å². The summed E-state index contributed by atoms with van der Waals surface area (Å²) in [6.07, 6.45) is 5.48. The number of fused-ring (bicyclic) bond motifs is 3. The van der Waals surface area contributed by atoms with Gasteiger partial charge in [-0.3, -0.25) is 9.78 Å². The Kier molecular flexibility index (Phi) is 2.74. The van der Waals surface area contributed by atoms with Crippen LogP contribution in [0.2, 0.25) is 0 Å². The lowest BCUT2D eigenvalue weighted by Gasteiger charge is -2.03. The summed E-state index contributed by atoms with van der Waals surface area (Å²) in [5, 5.41) is 3.96. The number of benzene rings is 1. The molecule has 0 atom stereocenters. The Bertz CT molecular complexity index is 821. The number of carbonyl (C=O) groups is 1. The van der Waals surface area contributed by atoms with Gasteiger partial charge >= 0.3 is 0 Å². The Morgan fingerprint density at radius 2 is 2.10 bits per heavy atom. The molecule has 1 aliphatic heterocycles. The molecule has 0 fully saturated rings. The largest absolute Gasteiger partial charge is 0.358 e. The zero-order valence-corrected chi connectivity index (χ0v) is 11.5. The third kappa shape index (κ3) is 2.00. The molecule has 2 N–H and O–H groups in total. The molecule has 21 heavy (non-hydrogen) atoms. The van der Waals surface area contributed by atoms with Gasteiger partial charge in [0.1, 0.15) is 0 Å². The minimum Gasteiger partial charge on any atom is -0.358 e. The van der Waals surface area contributed by atoms with Crippen molar-refractivity contribution in [2.45, 2.75) is 12.8 Å². The van der Waals surface area contributed by atoms with E-state index in [1.54, 1.807) is 6.20 Å². The van der Waals surface area contributed by atoms with E-state index >= 15 is 0 Å². The summed E-state index contributed by atoms with van der Waals surface area (Å²) in [4.78, 5) is 19.8. The topological polar surface area (TPSA) is 57.8 Å². The number of aromatic nitrogens is 2. The molecular formula is C17H15N3O. The fourth-order valence-corrected chi connectivity index (χ4v) is 2.96. The molecule has 0 saturated carbocycles. The van der Waals surface area contributed by atoms with Crippen molar-refractivity contribution in [1.82, 2.24) is 15.3 Å². The highest BCUT2D eigenvalue weighted by Gasteiger charge is 2.20. The van der Waals surface area contributed by atoms with Gasteiger partial charge in [0, 0.05) is 41.1 Å². The number of amides is 1. The van der Waals surface area contributed by atoms with E-state index in [1.807, 2.05) is 24.4 Å². The third-order valence-electron chi connectivity index (χ3n) is 3.99. The van der Waals surface area contributed by atoms with Crippen LogP contribution in [0.3, 0.4) is 0 Å². The van der Waals surface area contributed by atoms with Crippen molar-refractivity contribution in [3.8, 4) is 11.1 Å². The van der Waals surface area contributed by atoms with Crippen LogP contribution in [0.25, 0.3) is 22.0 Å². The van der Waals surface area contributed by atoms with E-state index in [0.717, 1.165) is 52.7 Å². The Hall–Kier alpha value is -2.62. The first-order valence-electron chi connectivity index (χ1n) is 7.16. The number of aromatic amines is 1. The molecule has 0 bridgehead atoms. The molecule has 0 radical (unpaired) electrons. The van der Waals surface area contributed by atoms with Crippen LogP contribution in [0.5, 0.6) is 0 Å². The van der Waals surface area contributed by atoms with E-state index in [1.165, 1.54) is 0 Å². The van der Waals surface area contributed by atoms with E-state index in [9.17, 15) is 4.79 Å². The van der Waals surface area contributed by atoms with Gasteiger partial charge in [-0.1, -0.05) is 12.1 Å². The minimum atomic E-state index is 0.0251. The van der Waals surface area contributed by atoms with Gasteiger partial charge in [0.15, 0.2) is 0 Å². The van der Waals surface area contributed by atoms with Crippen molar-refractivity contribution in [1.29, 1.82) is 0 Å². The average Bonchev–Trinajstić information content (AvgIpc) is 2.79. The molecule has 0 aliphatic carbocycles. The Morgan fingerprint density at radius 1 is 1.14 bits per heavy atom. The highest BCUT2D eigenvalue weighted by Crippen LogP contribution is 2.29. The standard InChI is InChI=1S/C17H15N3O/c21-17-16-13-9-11(12-3-1-7-18-10-12)5-6-14(13)20-15(16)4-2-8-19-17/h1,3,5-7,9-10,20H,2,4,8H2,(H,19,21). The molecule has 2 aromatic heterocycles. The van der Waals surface area contributed by atoms with Crippen LogP contribution < -0.4 is 5.32 Å². The number of aryl methyl sites for hydroxylation is 1. The maximum Gasteiger partial charge on any atom is 0.253 e. The van der Waals surface area contributed by atoms with Crippen LogP contribution in [-0.4, -0.2) is 22.4 Å². The van der Waals surface area contributed by atoms with E-state index in [4.69, 9.17) is 0 Å².